The first-order valence-corrected chi connectivity index (χ1v) is 9.08. The minimum atomic E-state index is -0.279. The summed E-state index contributed by atoms with van der Waals surface area (Å²) in [5.41, 5.74) is 0.684. The van der Waals surface area contributed by atoms with Crippen LogP contribution in [0.3, 0.4) is 0 Å². The molecule has 1 heterocycles. The van der Waals surface area contributed by atoms with E-state index in [1.165, 1.54) is 25.7 Å². The Balaban J connectivity index is 2.01. The molecule has 2 aliphatic carbocycles. The fourth-order valence-electron chi connectivity index (χ4n) is 4.32. The molecule has 2 saturated carbocycles. The monoisotopic (exact) mass is 321 g/mol. The van der Waals surface area contributed by atoms with E-state index in [4.69, 9.17) is 4.98 Å². The Morgan fingerprint density at radius 3 is 2.13 bits per heavy atom. The van der Waals surface area contributed by atoms with Crippen molar-refractivity contribution in [3.05, 3.63) is 21.6 Å². The lowest BCUT2D eigenvalue weighted by Crippen LogP contribution is -2.15. The number of aliphatic hydroxyl groups is 1. The van der Waals surface area contributed by atoms with Gasteiger partial charge in [0.05, 0.1) is 6.61 Å². The molecule has 1 aromatic heterocycles. The summed E-state index contributed by atoms with van der Waals surface area (Å²) in [5, 5.41) is 21.1. The summed E-state index contributed by atoms with van der Waals surface area (Å²) >= 11 is 0. The second-order valence-corrected chi connectivity index (χ2v) is 6.98. The SMILES string of the molecule is O=[N+]([O-])c1c(C2CCCCC2)nc(C2CCCCC2)n1CCO. The third kappa shape index (κ3) is 3.42. The van der Waals surface area contributed by atoms with Crippen molar-refractivity contribution >= 4 is 5.82 Å². The molecule has 0 radical (unpaired) electrons. The van der Waals surface area contributed by atoms with Crippen molar-refractivity contribution in [3.8, 4) is 0 Å². The van der Waals surface area contributed by atoms with Crippen LogP contribution in [0.15, 0.2) is 0 Å². The topological polar surface area (TPSA) is 81.2 Å². The maximum Gasteiger partial charge on any atom is 0.346 e. The van der Waals surface area contributed by atoms with E-state index in [2.05, 4.69) is 0 Å². The largest absolute Gasteiger partial charge is 0.392 e. The van der Waals surface area contributed by atoms with Gasteiger partial charge in [0.2, 0.25) is 0 Å². The summed E-state index contributed by atoms with van der Waals surface area (Å²) in [5.74, 6) is 1.52. The molecule has 0 bridgehead atoms. The summed E-state index contributed by atoms with van der Waals surface area (Å²) in [7, 11) is 0. The summed E-state index contributed by atoms with van der Waals surface area (Å²) < 4.78 is 1.71. The third-order valence-corrected chi connectivity index (χ3v) is 5.46. The van der Waals surface area contributed by atoms with E-state index in [-0.39, 0.29) is 29.8 Å². The van der Waals surface area contributed by atoms with E-state index in [1.807, 2.05) is 0 Å². The van der Waals surface area contributed by atoms with Crippen molar-refractivity contribution in [2.24, 2.45) is 0 Å². The number of imidazole rings is 1. The molecule has 0 atom stereocenters. The fourth-order valence-corrected chi connectivity index (χ4v) is 4.32. The van der Waals surface area contributed by atoms with Gasteiger partial charge in [-0.15, -0.1) is 0 Å². The molecule has 0 unspecified atom stereocenters. The molecule has 0 amide bonds. The lowest BCUT2D eigenvalue weighted by atomic mass is 9.87. The zero-order valence-electron chi connectivity index (χ0n) is 13.7. The first kappa shape index (κ1) is 16.4. The van der Waals surface area contributed by atoms with Crippen molar-refractivity contribution in [2.75, 3.05) is 6.61 Å². The van der Waals surface area contributed by atoms with Crippen LogP contribution in [0.1, 0.15) is 87.6 Å². The Bertz CT molecular complexity index is 544. The van der Waals surface area contributed by atoms with Crippen molar-refractivity contribution in [2.45, 2.75) is 82.6 Å². The van der Waals surface area contributed by atoms with Crippen LogP contribution in [0.4, 0.5) is 5.82 Å². The van der Waals surface area contributed by atoms with Gasteiger partial charge in [-0.1, -0.05) is 38.5 Å². The standard InChI is InChI=1S/C17H27N3O3/c21-12-11-19-16(14-9-5-2-6-10-14)18-15(17(19)20(22)23)13-7-3-1-4-8-13/h13-14,21H,1-12H2. The zero-order valence-corrected chi connectivity index (χ0v) is 13.7. The molecule has 128 valence electrons. The van der Waals surface area contributed by atoms with E-state index in [1.54, 1.807) is 4.57 Å². The average Bonchev–Trinajstić information content (AvgIpc) is 2.96. The minimum Gasteiger partial charge on any atom is -0.392 e. The van der Waals surface area contributed by atoms with Crippen molar-refractivity contribution in [1.82, 2.24) is 9.55 Å². The summed E-state index contributed by atoms with van der Waals surface area (Å²) in [6.07, 6.45) is 11.2. The van der Waals surface area contributed by atoms with Gasteiger partial charge < -0.3 is 15.2 Å². The zero-order chi connectivity index (χ0) is 16.2. The number of hydrogen-bond acceptors (Lipinski definition) is 4. The van der Waals surface area contributed by atoms with Gasteiger partial charge in [0.15, 0.2) is 5.82 Å². The van der Waals surface area contributed by atoms with Crippen LogP contribution in [0.5, 0.6) is 0 Å². The molecule has 6 heteroatoms. The number of hydrogen-bond donors (Lipinski definition) is 1. The highest BCUT2D eigenvalue weighted by molar-refractivity contribution is 5.35. The van der Waals surface area contributed by atoms with E-state index in [9.17, 15) is 15.2 Å². The quantitative estimate of drug-likeness (QED) is 0.659. The summed E-state index contributed by atoms with van der Waals surface area (Å²) in [4.78, 5) is 16.2. The van der Waals surface area contributed by atoms with Gasteiger partial charge in [-0.3, -0.25) is 0 Å². The minimum absolute atomic E-state index is 0.0823. The van der Waals surface area contributed by atoms with Gasteiger partial charge in [-0.25, -0.2) is 9.55 Å². The lowest BCUT2D eigenvalue weighted by molar-refractivity contribution is -0.393. The molecular formula is C17H27N3O3. The van der Waals surface area contributed by atoms with Crippen molar-refractivity contribution in [3.63, 3.8) is 0 Å². The van der Waals surface area contributed by atoms with Gasteiger partial charge in [-0.05, 0) is 30.6 Å². The molecule has 2 aliphatic rings. The van der Waals surface area contributed by atoms with E-state index in [0.29, 0.717) is 11.6 Å². The molecule has 6 nitrogen and oxygen atoms in total. The molecule has 3 rings (SSSR count). The van der Waals surface area contributed by atoms with Gasteiger partial charge in [0.1, 0.15) is 12.2 Å². The third-order valence-electron chi connectivity index (χ3n) is 5.46. The van der Waals surface area contributed by atoms with E-state index < -0.39 is 0 Å². The second-order valence-electron chi connectivity index (χ2n) is 6.98. The molecule has 0 aliphatic heterocycles. The van der Waals surface area contributed by atoms with Gasteiger partial charge in [0.25, 0.3) is 0 Å². The molecule has 23 heavy (non-hydrogen) atoms. The van der Waals surface area contributed by atoms with E-state index in [0.717, 1.165) is 44.3 Å². The molecule has 1 N–H and O–H groups in total. The van der Waals surface area contributed by atoms with Crippen molar-refractivity contribution in [1.29, 1.82) is 0 Å². The molecule has 0 aromatic carbocycles. The smallest absolute Gasteiger partial charge is 0.346 e. The lowest BCUT2D eigenvalue weighted by Gasteiger charge is -2.19. The Hall–Kier alpha value is -1.43. The fraction of sp³-hybridized carbons (Fsp3) is 0.824. The van der Waals surface area contributed by atoms with Gasteiger partial charge in [-0.2, -0.15) is 0 Å². The summed E-state index contributed by atoms with van der Waals surface area (Å²) in [6.45, 7) is 0.197. The molecular weight excluding hydrogens is 294 g/mol. The average molecular weight is 321 g/mol. The summed E-state index contributed by atoms with van der Waals surface area (Å²) in [6, 6.07) is 0. The molecule has 0 saturated heterocycles. The van der Waals surface area contributed by atoms with Crippen LogP contribution in [0.25, 0.3) is 0 Å². The van der Waals surface area contributed by atoms with E-state index >= 15 is 0 Å². The highest BCUT2D eigenvalue weighted by atomic mass is 16.6. The van der Waals surface area contributed by atoms with Crippen molar-refractivity contribution < 1.29 is 10.0 Å². The number of aliphatic hydroxyl groups excluding tert-OH is 1. The predicted octanol–water partition coefficient (Wildman–Crippen LogP) is 3.88. The number of nitrogens with zero attached hydrogens (tertiary/aromatic N) is 3. The predicted molar refractivity (Wildman–Crippen MR) is 87.6 cm³/mol. The van der Waals surface area contributed by atoms with Crippen LogP contribution in [-0.4, -0.2) is 26.2 Å². The Kier molecular flexibility index (Phi) is 5.30. The van der Waals surface area contributed by atoms with Crippen LogP contribution in [0, 0.1) is 10.1 Å². The van der Waals surface area contributed by atoms with Gasteiger partial charge >= 0.3 is 5.82 Å². The Morgan fingerprint density at radius 2 is 1.61 bits per heavy atom. The van der Waals surface area contributed by atoms with Gasteiger partial charge in [0, 0.05) is 11.8 Å². The van der Waals surface area contributed by atoms with Crippen LogP contribution in [-0.2, 0) is 6.54 Å². The Labute approximate surface area is 137 Å². The maximum atomic E-state index is 11.7. The highest BCUT2D eigenvalue weighted by Crippen LogP contribution is 2.41. The van der Waals surface area contributed by atoms with Crippen LogP contribution in [0.2, 0.25) is 0 Å². The first-order chi connectivity index (χ1) is 11.2. The normalized spacial score (nSPS) is 20.7. The molecule has 1 aromatic rings. The number of nitro groups is 1. The number of aromatic nitrogens is 2. The number of rotatable bonds is 5. The Morgan fingerprint density at radius 1 is 1.04 bits per heavy atom. The second kappa shape index (κ2) is 7.43. The molecule has 2 fully saturated rings. The molecule has 0 spiro atoms. The highest BCUT2D eigenvalue weighted by Gasteiger charge is 2.35. The maximum absolute atomic E-state index is 11.7. The van der Waals surface area contributed by atoms with Crippen LogP contribution >= 0.6 is 0 Å². The van der Waals surface area contributed by atoms with Crippen LogP contribution < -0.4 is 0 Å². The first-order valence-electron chi connectivity index (χ1n) is 9.08.